The van der Waals surface area contributed by atoms with Crippen molar-refractivity contribution >= 4 is 5.88 Å². The van der Waals surface area contributed by atoms with Crippen LogP contribution in [-0.2, 0) is 12.8 Å². The first-order valence-electron chi connectivity index (χ1n) is 8.99. The fourth-order valence-corrected chi connectivity index (χ4v) is 3.45. The highest BCUT2D eigenvalue weighted by molar-refractivity contribution is 5.45. The molecule has 1 aromatic heterocycles. The summed E-state index contributed by atoms with van der Waals surface area (Å²) in [6.45, 7) is 2.80. The third-order valence-corrected chi connectivity index (χ3v) is 4.81. The molecular formula is C20H25N3O3. The van der Waals surface area contributed by atoms with Crippen LogP contribution in [0.2, 0.25) is 0 Å². The molecule has 0 unspecified atom stereocenters. The third-order valence-electron chi connectivity index (χ3n) is 4.81. The van der Waals surface area contributed by atoms with Crippen LogP contribution < -0.4 is 14.4 Å². The number of aryl methyl sites for hydroxylation is 3. The average molecular weight is 355 g/mol. The van der Waals surface area contributed by atoms with E-state index >= 15 is 0 Å². The summed E-state index contributed by atoms with van der Waals surface area (Å²) in [6, 6.07) is 8.13. The van der Waals surface area contributed by atoms with Gasteiger partial charge < -0.3 is 18.8 Å². The number of nitrogens with zero attached hydrogens (tertiary/aromatic N) is 3. The Morgan fingerprint density at radius 1 is 1.31 bits per heavy atom. The number of hydrogen-bond donors (Lipinski definition) is 0. The molecule has 0 bridgehead atoms. The van der Waals surface area contributed by atoms with Gasteiger partial charge in [0.2, 0.25) is 5.88 Å². The van der Waals surface area contributed by atoms with E-state index in [9.17, 15) is 5.26 Å². The normalized spacial score (nSPS) is 16.5. The zero-order valence-electron chi connectivity index (χ0n) is 15.6. The van der Waals surface area contributed by atoms with Crippen molar-refractivity contribution in [2.75, 3.05) is 25.7 Å². The maximum absolute atomic E-state index is 9.28. The van der Waals surface area contributed by atoms with Gasteiger partial charge in [0.15, 0.2) is 5.89 Å². The molecule has 2 aromatic rings. The minimum atomic E-state index is -0.0990. The van der Waals surface area contributed by atoms with Crippen molar-refractivity contribution in [2.45, 2.75) is 45.1 Å². The lowest BCUT2D eigenvalue weighted by molar-refractivity contribution is 0.390. The Morgan fingerprint density at radius 2 is 2.15 bits per heavy atom. The summed E-state index contributed by atoms with van der Waals surface area (Å²) in [6.07, 6.45) is 4.44. The molecular weight excluding hydrogens is 330 g/mol. The van der Waals surface area contributed by atoms with Gasteiger partial charge in [0.1, 0.15) is 23.2 Å². The molecule has 0 amide bonds. The quantitative estimate of drug-likeness (QED) is 0.755. The van der Waals surface area contributed by atoms with Crippen LogP contribution in [0.15, 0.2) is 22.6 Å². The van der Waals surface area contributed by atoms with Gasteiger partial charge in [-0.1, -0.05) is 6.07 Å². The highest BCUT2D eigenvalue weighted by Gasteiger charge is 2.28. The molecule has 1 fully saturated rings. The summed E-state index contributed by atoms with van der Waals surface area (Å²) >= 11 is 0. The number of oxazole rings is 1. The van der Waals surface area contributed by atoms with Crippen molar-refractivity contribution in [3.8, 4) is 17.6 Å². The van der Waals surface area contributed by atoms with Crippen molar-refractivity contribution in [1.29, 1.82) is 5.26 Å². The Balaban J connectivity index is 1.63. The standard InChI is InChI=1S/C20H25N3O3/c1-14-20(23-11-5-7-16(23)13-21)26-19(22-14)8-4-6-15-9-10-17(24-2)12-18(15)25-3/h9-10,12,16H,4-8,11H2,1-3H3/t16-/m0/s1. The van der Waals surface area contributed by atoms with Crippen molar-refractivity contribution < 1.29 is 13.9 Å². The summed E-state index contributed by atoms with van der Waals surface area (Å²) in [4.78, 5) is 6.60. The second-order valence-electron chi connectivity index (χ2n) is 6.51. The molecule has 6 heteroatoms. The number of rotatable bonds is 7. The number of benzene rings is 1. The lowest BCUT2D eigenvalue weighted by Gasteiger charge is -2.18. The van der Waals surface area contributed by atoms with Crippen molar-refractivity contribution in [3.63, 3.8) is 0 Å². The molecule has 138 valence electrons. The van der Waals surface area contributed by atoms with Crippen molar-refractivity contribution in [1.82, 2.24) is 4.98 Å². The molecule has 1 aliphatic rings. The Hall–Kier alpha value is -2.68. The molecule has 1 atom stereocenters. The summed E-state index contributed by atoms with van der Waals surface area (Å²) in [5.74, 6) is 3.11. The summed E-state index contributed by atoms with van der Waals surface area (Å²) in [5, 5.41) is 9.28. The Morgan fingerprint density at radius 3 is 2.88 bits per heavy atom. The number of nitriles is 1. The molecule has 0 radical (unpaired) electrons. The third kappa shape index (κ3) is 3.77. The maximum Gasteiger partial charge on any atom is 0.220 e. The van der Waals surface area contributed by atoms with Crippen LogP contribution in [-0.4, -0.2) is 31.8 Å². The number of aromatic nitrogens is 1. The maximum atomic E-state index is 9.28. The highest BCUT2D eigenvalue weighted by Crippen LogP contribution is 2.30. The fraction of sp³-hybridized carbons (Fsp3) is 0.500. The van der Waals surface area contributed by atoms with Crippen LogP contribution in [0, 0.1) is 18.3 Å². The van der Waals surface area contributed by atoms with E-state index in [1.165, 1.54) is 0 Å². The van der Waals surface area contributed by atoms with Gasteiger partial charge in [-0.25, -0.2) is 4.98 Å². The zero-order chi connectivity index (χ0) is 18.5. The summed E-state index contributed by atoms with van der Waals surface area (Å²) in [7, 11) is 3.32. The lowest BCUT2D eigenvalue weighted by atomic mass is 10.1. The van der Waals surface area contributed by atoms with Crippen LogP contribution in [0.5, 0.6) is 11.5 Å². The molecule has 3 rings (SSSR count). The molecule has 0 spiro atoms. The van der Waals surface area contributed by atoms with E-state index < -0.39 is 0 Å². The van der Waals surface area contributed by atoms with E-state index in [0.29, 0.717) is 0 Å². The lowest BCUT2D eigenvalue weighted by Crippen LogP contribution is -2.27. The first kappa shape index (κ1) is 18.1. The van der Waals surface area contributed by atoms with Gasteiger partial charge in [0, 0.05) is 19.0 Å². The highest BCUT2D eigenvalue weighted by atomic mass is 16.5. The second-order valence-corrected chi connectivity index (χ2v) is 6.51. The van der Waals surface area contributed by atoms with E-state index in [1.54, 1.807) is 14.2 Å². The molecule has 0 N–H and O–H groups in total. The summed E-state index contributed by atoms with van der Waals surface area (Å²) in [5.41, 5.74) is 2.00. The van der Waals surface area contributed by atoms with Gasteiger partial charge in [0.25, 0.3) is 0 Å². The predicted octanol–water partition coefficient (Wildman–Crippen LogP) is 3.67. The fourth-order valence-electron chi connectivity index (χ4n) is 3.45. The Kier molecular flexibility index (Phi) is 5.67. The number of hydrogen-bond acceptors (Lipinski definition) is 6. The van der Waals surface area contributed by atoms with Crippen molar-refractivity contribution in [2.24, 2.45) is 0 Å². The molecule has 0 aliphatic carbocycles. The van der Waals surface area contributed by atoms with Gasteiger partial charge in [-0.2, -0.15) is 5.26 Å². The minimum absolute atomic E-state index is 0.0990. The van der Waals surface area contributed by atoms with Crippen LogP contribution >= 0.6 is 0 Å². The molecule has 26 heavy (non-hydrogen) atoms. The van der Waals surface area contributed by atoms with E-state index in [0.717, 1.165) is 73.2 Å². The van der Waals surface area contributed by atoms with E-state index in [4.69, 9.17) is 13.9 Å². The second kappa shape index (κ2) is 8.13. The number of ether oxygens (including phenoxy) is 2. The van der Waals surface area contributed by atoms with Crippen LogP contribution in [0.25, 0.3) is 0 Å². The first-order valence-corrected chi connectivity index (χ1v) is 8.99. The van der Waals surface area contributed by atoms with Crippen molar-refractivity contribution in [3.05, 3.63) is 35.3 Å². The van der Waals surface area contributed by atoms with Gasteiger partial charge in [-0.15, -0.1) is 0 Å². The molecule has 6 nitrogen and oxygen atoms in total. The van der Waals surface area contributed by atoms with Gasteiger partial charge in [-0.05, 0) is 44.2 Å². The number of anilines is 1. The average Bonchev–Trinajstić information content (AvgIpc) is 3.27. The van der Waals surface area contributed by atoms with Crippen LogP contribution in [0.3, 0.4) is 0 Å². The molecule has 1 aliphatic heterocycles. The van der Waals surface area contributed by atoms with E-state index in [-0.39, 0.29) is 6.04 Å². The van der Waals surface area contributed by atoms with Crippen LogP contribution in [0.1, 0.15) is 36.4 Å². The Bertz CT molecular complexity index is 794. The number of methoxy groups -OCH3 is 2. The van der Waals surface area contributed by atoms with Gasteiger partial charge in [0.05, 0.1) is 20.3 Å². The van der Waals surface area contributed by atoms with Gasteiger partial charge in [-0.3, -0.25) is 0 Å². The molecule has 0 saturated carbocycles. The van der Waals surface area contributed by atoms with E-state index in [1.807, 2.05) is 30.0 Å². The SMILES string of the molecule is COc1ccc(CCCc2nc(C)c(N3CCC[C@H]3C#N)o2)c(OC)c1. The zero-order valence-corrected chi connectivity index (χ0v) is 15.6. The molecule has 2 heterocycles. The first-order chi connectivity index (χ1) is 12.7. The van der Waals surface area contributed by atoms with Crippen LogP contribution in [0.4, 0.5) is 5.88 Å². The summed E-state index contributed by atoms with van der Waals surface area (Å²) < 4.78 is 16.7. The predicted molar refractivity (Wildman–Crippen MR) is 98.8 cm³/mol. The van der Waals surface area contributed by atoms with E-state index in [2.05, 4.69) is 11.1 Å². The topological polar surface area (TPSA) is 71.5 Å². The monoisotopic (exact) mass is 355 g/mol. The molecule has 1 saturated heterocycles. The van der Waals surface area contributed by atoms with Gasteiger partial charge >= 0.3 is 0 Å². The molecule has 1 aromatic carbocycles. The Labute approximate surface area is 154 Å². The smallest absolute Gasteiger partial charge is 0.220 e. The largest absolute Gasteiger partial charge is 0.497 e. The minimum Gasteiger partial charge on any atom is -0.497 e.